The lowest BCUT2D eigenvalue weighted by Gasteiger charge is -2.20. The maximum Gasteiger partial charge on any atom is 0.283 e. The van der Waals surface area contributed by atoms with Gasteiger partial charge in [-0.15, -0.1) is 0 Å². The number of benzene rings is 1. The highest BCUT2D eigenvalue weighted by molar-refractivity contribution is 8.26. The van der Waals surface area contributed by atoms with Crippen molar-refractivity contribution in [2.24, 2.45) is 10.1 Å². The zero-order valence-corrected chi connectivity index (χ0v) is 18.7. The molecule has 0 aliphatic carbocycles. The number of hydrazone groups is 1. The molecule has 0 atom stereocenters. The highest BCUT2D eigenvalue weighted by Crippen LogP contribution is 2.31. The van der Waals surface area contributed by atoms with Gasteiger partial charge in [0, 0.05) is 17.1 Å². The summed E-state index contributed by atoms with van der Waals surface area (Å²) < 4.78 is 2.20. The first-order chi connectivity index (χ1) is 14.3. The fourth-order valence-electron chi connectivity index (χ4n) is 3.78. The van der Waals surface area contributed by atoms with E-state index in [0.717, 1.165) is 40.5 Å². The molecule has 2 aromatic rings. The van der Waals surface area contributed by atoms with Crippen LogP contribution in [-0.4, -0.2) is 31.5 Å². The molecule has 30 heavy (non-hydrogen) atoms. The third-order valence-electron chi connectivity index (χ3n) is 5.55. The first-order valence-electron chi connectivity index (χ1n) is 10.1. The zero-order chi connectivity index (χ0) is 21.6. The van der Waals surface area contributed by atoms with E-state index in [9.17, 15) is 4.79 Å². The summed E-state index contributed by atoms with van der Waals surface area (Å²) in [5.74, 6) is -0.302. The summed E-state index contributed by atoms with van der Waals surface area (Å²) in [5, 5.41) is 15.9. The Morgan fingerprint density at radius 1 is 1.20 bits per heavy atom. The topological polar surface area (TPSA) is 73.8 Å². The molecule has 3 heterocycles. The quantitative estimate of drug-likeness (QED) is 0.698. The zero-order valence-electron chi connectivity index (χ0n) is 17.9. The second kappa shape index (κ2) is 7.72. The summed E-state index contributed by atoms with van der Waals surface area (Å²) >= 11 is 1.38. The molecular weight excluding hydrogens is 394 g/mol. The highest BCUT2D eigenvalue weighted by Gasteiger charge is 2.35. The minimum absolute atomic E-state index is 0.0835. The number of amides is 1. The standard InChI is InChI=1S/C23H25N5OS/c1-6-8-20-26-28-21(24)18(22(29)25-23(28)30-20)12-17-11-14(3)27(16(17)5)19-10-7-9-13(2)15(19)4/h7,9-12,24H,6,8H2,1-5H3. The molecule has 1 amide bonds. The molecule has 1 N–H and O–H groups in total. The maximum absolute atomic E-state index is 12.7. The molecule has 0 saturated heterocycles. The Hall–Kier alpha value is -2.93. The Morgan fingerprint density at radius 2 is 1.97 bits per heavy atom. The van der Waals surface area contributed by atoms with Crippen molar-refractivity contribution in [3.63, 3.8) is 0 Å². The van der Waals surface area contributed by atoms with Crippen molar-refractivity contribution >= 4 is 39.8 Å². The lowest BCUT2D eigenvalue weighted by molar-refractivity contribution is -0.114. The van der Waals surface area contributed by atoms with Crippen molar-refractivity contribution in [1.82, 2.24) is 9.58 Å². The fourth-order valence-corrected chi connectivity index (χ4v) is 4.77. The number of rotatable bonds is 4. The molecule has 0 radical (unpaired) electrons. The smallest absolute Gasteiger partial charge is 0.283 e. The van der Waals surface area contributed by atoms with E-state index < -0.39 is 0 Å². The highest BCUT2D eigenvalue weighted by atomic mass is 32.2. The monoisotopic (exact) mass is 419 g/mol. The summed E-state index contributed by atoms with van der Waals surface area (Å²) in [4.78, 5) is 16.9. The van der Waals surface area contributed by atoms with E-state index >= 15 is 0 Å². The average molecular weight is 420 g/mol. The van der Waals surface area contributed by atoms with Crippen molar-refractivity contribution in [3.8, 4) is 5.69 Å². The van der Waals surface area contributed by atoms with Gasteiger partial charge in [0.25, 0.3) is 5.91 Å². The Kier molecular flexibility index (Phi) is 5.24. The van der Waals surface area contributed by atoms with Gasteiger partial charge in [-0.2, -0.15) is 15.1 Å². The lowest BCUT2D eigenvalue weighted by atomic mass is 10.1. The van der Waals surface area contributed by atoms with Crippen LogP contribution in [0.5, 0.6) is 0 Å². The predicted octanol–water partition coefficient (Wildman–Crippen LogP) is 5.13. The van der Waals surface area contributed by atoms with Crippen LogP contribution in [0.1, 0.15) is 47.8 Å². The molecular formula is C23H25N5OS. The van der Waals surface area contributed by atoms with Gasteiger partial charge in [0.2, 0.25) is 5.17 Å². The van der Waals surface area contributed by atoms with Gasteiger partial charge in [0.05, 0.1) is 5.57 Å². The van der Waals surface area contributed by atoms with Crippen LogP contribution in [0.3, 0.4) is 0 Å². The minimum Gasteiger partial charge on any atom is -0.318 e. The predicted molar refractivity (Wildman–Crippen MR) is 125 cm³/mol. The van der Waals surface area contributed by atoms with E-state index in [2.05, 4.69) is 66.6 Å². The minimum atomic E-state index is -0.386. The number of hydrogen-bond donors (Lipinski definition) is 1. The molecule has 2 aliphatic rings. The third-order valence-corrected chi connectivity index (χ3v) is 6.52. The normalized spacial score (nSPS) is 17.5. The summed E-state index contributed by atoms with van der Waals surface area (Å²) in [6.45, 7) is 10.4. The number of thioether (sulfide) groups is 1. The summed E-state index contributed by atoms with van der Waals surface area (Å²) in [6, 6.07) is 8.32. The number of hydrogen-bond acceptors (Lipinski definition) is 4. The van der Waals surface area contributed by atoms with Gasteiger partial charge in [-0.05, 0) is 87.2 Å². The SMILES string of the molecule is CCCC1=NN2C(=N)C(=Cc3cc(C)n(-c4cccc(C)c4C)c3C)C(=O)N=C2S1. The van der Waals surface area contributed by atoms with Crippen molar-refractivity contribution < 1.29 is 4.79 Å². The molecule has 7 heteroatoms. The number of aryl methyl sites for hydroxylation is 2. The van der Waals surface area contributed by atoms with Crippen molar-refractivity contribution in [2.45, 2.75) is 47.5 Å². The number of aromatic nitrogens is 1. The second-order valence-corrected chi connectivity index (χ2v) is 8.69. The number of fused-ring (bicyclic) bond motifs is 1. The number of nitrogens with zero attached hydrogens (tertiary/aromatic N) is 4. The summed E-state index contributed by atoms with van der Waals surface area (Å²) in [7, 11) is 0. The van der Waals surface area contributed by atoms with Crippen LogP contribution < -0.4 is 0 Å². The van der Waals surface area contributed by atoms with E-state index in [1.54, 1.807) is 6.08 Å². The van der Waals surface area contributed by atoms with E-state index in [1.807, 2.05) is 6.92 Å². The van der Waals surface area contributed by atoms with Crippen molar-refractivity contribution in [2.75, 3.05) is 0 Å². The molecule has 2 aliphatic heterocycles. The molecule has 154 valence electrons. The van der Waals surface area contributed by atoms with Crippen LogP contribution in [0.15, 0.2) is 39.9 Å². The first-order valence-corrected chi connectivity index (χ1v) is 10.9. The van der Waals surface area contributed by atoms with E-state index in [1.165, 1.54) is 27.9 Å². The van der Waals surface area contributed by atoms with E-state index in [4.69, 9.17) is 5.41 Å². The van der Waals surface area contributed by atoms with Crippen LogP contribution in [0.2, 0.25) is 0 Å². The average Bonchev–Trinajstić information content (AvgIpc) is 3.22. The van der Waals surface area contributed by atoms with Crippen LogP contribution in [0, 0.1) is 33.1 Å². The van der Waals surface area contributed by atoms with Crippen LogP contribution >= 0.6 is 11.8 Å². The van der Waals surface area contributed by atoms with Crippen molar-refractivity contribution in [3.05, 3.63) is 57.9 Å². The molecule has 0 spiro atoms. The maximum atomic E-state index is 12.7. The molecule has 0 bridgehead atoms. The molecule has 0 unspecified atom stereocenters. The molecule has 1 aromatic carbocycles. The van der Waals surface area contributed by atoms with E-state index in [0.29, 0.717) is 5.17 Å². The van der Waals surface area contributed by atoms with E-state index in [-0.39, 0.29) is 17.3 Å². The van der Waals surface area contributed by atoms with Gasteiger partial charge < -0.3 is 4.57 Å². The number of carbonyl (C=O) groups is 1. The lowest BCUT2D eigenvalue weighted by Crippen LogP contribution is -2.35. The summed E-state index contributed by atoms with van der Waals surface area (Å²) in [6.07, 6.45) is 3.55. The first kappa shape index (κ1) is 20.3. The Labute approximate surface area is 180 Å². The molecule has 0 saturated carbocycles. The molecule has 1 aromatic heterocycles. The summed E-state index contributed by atoms with van der Waals surface area (Å²) in [5.41, 5.74) is 6.86. The Balaban J connectivity index is 1.75. The number of amidine groups is 2. The van der Waals surface area contributed by atoms with Gasteiger partial charge in [0.15, 0.2) is 5.84 Å². The molecule has 6 nitrogen and oxygen atoms in total. The van der Waals surface area contributed by atoms with Gasteiger partial charge >= 0.3 is 0 Å². The number of aliphatic imine (C=N–C) groups is 1. The Morgan fingerprint density at radius 3 is 2.70 bits per heavy atom. The van der Waals surface area contributed by atoms with Gasteiger partial charge in [-0.3, -0.25) is 10.2 Å². The van der Waals surface area contributed by atoms with Crippen LogP contribution in [0.25, 0.3) is 11.8 Å². The third kappa shape index (κ3) is 3.33. The Bertz CT molecular complexity index is 1170. The fraction of sp³-hybridized carbons (Fsp3) is 0.304. The largest absolute Gasteiger partial charge is 0.318 e. The van der Waals surface area contributed by atoms with Crippen LogP contribution in [-0.2, 0) is 4.79 Å². The number of carbonyl (C=O) groups excluding carboxylic acids is 1. The van der Waals surface area contributed by atoms with Crippen molar-refractivity contribution in [1.29, 1.82) is 5.41 Å². The molecule has 0 fully saturated rings. The van der Waals surface area contributed by atoms with Gasteiger partial charge in [-0.25, -0.2) is 0 Å². The number of nitrogens with one attached hydrogen (secondary N) is 1. The van der Waals surface area contributed by atoms with Gasteiger partial charge in [-0.1, -0.05) is 19.1 Å². The molecule has 4 rings (SSSR count). The van der Waals surface area contributed by atoms with Gasteiger partial charge in [0.1, 0.15) is 5.04 Å². The second-order valence-electron chi connectivity index (χ2n) is 7.64. The van der Waals surface area contributed by atoms with Crippen LogP contribution in [0.4, 0.5) is 0 Å².